The van der Waals surface area contributed by atoms with Crippen LogP contribution in [0.1, 0.15) is 93.2 Å². The molecule has 0 aliphatic carbocycles. The van der Waals surface area contributed by atoms with E-state index in [2.05, 4.69) is 87.4 Å². The Kier molecular flexibility index (Phi) is 6.81. The van der Waals surface area contributed by atoms with E-state index in [1.54, 1.807) is 6.07 Å². The molecule has 0 N–H and O–H groups in total. The number of nitro groups is 1. The molecule has 0 spiro atoms. The second-order valence-corrected chi connectivity index (χ2v) is 12.8. The monoisotopic (exact) mass is 423 g/mol. The van der Waals surface area contributed by atoms with E-state index in [-0.39, 0.29) is 32.3 Å². The van der Waals surface area contributed by atoms with Gasteiger partial charge in [0.05, 0.1) is 10.5 Å². The minimum Gasteiger partial charge on any atom is -0.258 e. The largest absolute Gasteiger partial charge is 0.277 e. The smallest absolute Gasteiger partial charge is 0.258 e. The molecule has 0 aliphatic rings. The van der Waals surface area contributed by atoms with Crippen LogP contribution in [0.5, 0.6) is 0 Å². The van der Waals surface area contributed by atoms with Crippen LogP contribution >= 0.6 is 0 Å². The Bertz CT molecular complexity index is 923. The van der Waals surface area contributed by atoms with E-state index in [0.717, 1.165) is 24.0 Å². The van der Waals surface area contributed by atoms with Gasteiger partial charge in [-0.1, -0.05) is 99.6 Å². The number of nitrogens with zero attached hydrogens (tertiary/aromatic N) is 1. The lowest BCUT2D eigenvalue weighted by molar-refractivity contribution is -0.384. The van der Waals surface area contributed by atoms with Gasteiger partial charge in [0.1, 0.15) is 0 Å². The quantitative estimate of drug-likeness (QED) is 0.344. The number of nitro benzene ring substituents is 1. The van der Waals surface area contributed by atoms with E-state index >= 15 is 0 Å². The molecule has 0 saturated heterocycles. The second-order valence-electron chi connectivity index (χ2n) is 12.8. The molecular weight excluding hydrogens is 382 g/mol. The van der Waals surface area contributed by atoms with Crippen molar-refractivity contribution in [1.29, 1.82) is 0 Å². The zero-order valence-electron chi connectivity index (χ0n) is 21.2. The Balaban J connectivity index is 2.44. The highest BCUT2D eigenvalue weighted by molar-refractivity contribution is 5.74. The summed E-state index contributed by atoms with van der Waals surface area (Å²) in [6, 6.07) is 14.1. The molecule has 0 saturated carbocycles. The van der Waals surface area contributed by atoms with Crippen LogP contribution in [-0.2, 0) is 10.8 Å². The van der Waals surface area contributed by atoms with Crippen molar-refractivity contribution in [2.24, 2.45) is 10.8 Å². The molecule has 31 heavy (non-hydrogen) atoms. The molecule has 3 nitrogen and oxygen atoms in total. The Hall–Kier alpha value is -2.16. The topological polar surface area (TPSA) is 43.1 Å². The number of hydrogen-bond acceptors (Lipinski definition) is 2. The minimum absolute atomic E-state index is 0.0452. The first-order valence-electron chi connectivity index (χ1n) is 11.3. The first-order chi connectivity index (χ1) is 13.9. The van der Waals surface area contributed by atoms with Gasteiger partial charge < -0.3 is 0 Å². The first-order valence-corrected chi connectivity index (χ1v) is 11.3. The van der Waals surface area contributed by atoms with Crippen molar-refractivity contribution in [2.75, 3.05) is 0 Å². The van der Waals surface area contributed by atoms with Gasteiger partial charge in [-0.2, -0.15) is 0 Å². The Morgan fingerprint density at radius 2 is 1.10 bits per heavy atom. The van der Waals surface area contributed by atoms with E-state index in [0.29, 0.717) is 5.56 Å². The summed E-state index contributed by atoms with van der Waals surface area (Å²) in [5.74, 6) is 0. The highest BCUT2D eigenvalue weighted by Crippen LogP contribution is 2.41. The van der Waals surface area contributed by atoms with Crippen molar-refractivity contribution in [1.82, 2.24) is 0 Å². The van der Waals surface area contributed by atoms with Crippen molar-refractivity contribution in [3.05, 3.63) is 63.7 Å². The predicted octanol–water partition coefficient (Wildman–Crippen LogP) is 8.69. The van der Waals surface area contributed by atoms with Crippen molar-refractivity contribution >= 4 is 5.69 Å². The van der Waals surface area contributed by atoms with Crippen LogP contribution in [0, 0.1) is 20.9 Å². The molecular formula is C28H41NO2. The van der Waals surface area contributed by atoms with Crippen LogP contribution < -0.4 is 0 Å². The van der Waals surface area contributed by atoms with Crippen LogP contribution in [0.4, 0.5) is 5.69 Å². The van der Waals surface area contributed by atoms with Gasteiger partial charge in [-0.05, 0) is 57.3 Å². The van der Waals surface area contributed by atoms with E-state index in [4.69, 9.17) is 0 Å². The third-order valence-electron chi connectivity index (χ3n) is 5.90. The van der Waals surface area contributed by atoms with E-state index < -0.39 is 0 Å². The van der Waals surface area contributed by atoms with Gasteiger partial charge in [-0.15, -0.1) is 0 Å². The van der Waals surface area contributed by atoms with Gasteiger partial charge in [-0.3, -0.25) is 10.1 Å². The highest BCUT2D eigenvalue weighted by Gasteiger charge is 2.30. The zero-order valence-corrected chi connectivity index (χ0v) is 21.2. The van der Waals surface area contributed by atoms with Gasteiger partial charge in [0.25, 0.3) is 5.69 Å². The maximum absolute atomic E-state index is 11.9. The molecule has 0 heterocycles. The van der Waals surface area contributed by atoms with Crippen molar-refractivity contribution in [3.63, 3.8) is 0 Å². The molecule has 0 atom stereocenters. The zero-order chi connectivity index (χ0) is 23.8. The Morgan fingerprint density at radius 1 is 0.677 bits per heavy atom. The number of hydrogen-bond donors (Lipinski definition) is 0. The molecule has 0 aliphatic heterocycles. The normalized spacial score (nSPS) is 13.4. The molecule has 2 rings (SSSR count). The van der Waals surface area contributed by atoms with E-state index in [9.17, 15) is 10.1 Å². The average Bonchev–Trinajstić information content (AvgIpc) is 2.57. The van der Waals surface area contributed by atoms with Gasteiger partial charge in [0.2, 0.25) is 0 Å². The van der Waals surface area contributed by atoms with Gasteiger partial charge in [-0.25, -0.2) is 0 Å². The van der Waals surface area contributed by atoms with Crippen LogP contribution in [0.15, 0.2) is 42.5 Å². The lowest BCUT2D eigenvalue weighted by Gasteiger charge is -2.33. The maximum Gasteiger partial charge on any atom is 0.277 e. The predicted molar refractivity (Wildman–Crippen MR) is 133 cm³/mol. The average molecular weight is 424 g/mol. The molecule has 2 aromatic rings. The van der Waals surface area contributed by atoms with Crippen LogP contribution in [0.25, 0.3) is 11.1 Å². The SMILES string of the molecule is CC(C)(C)CC(C)(C)c1ccc(-c2ccc(C(C)(C)CC(C)(C)C)cc2[N+](=O)[O-])cc1. The van der Waals surface area contributed by atoms with Crippen LogP contribution in [0.2, 0.25) is 0 Å². The number of benzene rings is 2. The fourth-order valence-corrected chi connectivity index (χ4v) is 5.30. The van der Waals surface area contributed by atoms with Crippen molar-refractivity contribution < 1.29 is 4.92 Å². The molecule has 0 fully saturated rings. The molecule has 0 unspecified atom stereocenters. The fourth-order valence-electron chi connectivity index (χ4n) is 5.30. The fraction of sp³-hybridized carbons (Fsp3) is 0.571. The first kappa shape index (κ1) is 25.1. The molecule has 2 aromatic carbocycles. The van der Waals surface area contributed by atoms with Gasteiger partial charge >= 0.3 is 0 Å². The van der Waals surface area contributed by atoms with Gasteiger partial charge in [0.15, 0.2) is 0 Å². The third-order valence-corrected chi connectivity index (χ3v) is 5.90. The summed E-state index contributed by atoms with van der Waals surface area (Å²) in [5.41, 5.74) is 4.32. The molecule has 0 bridgehead atoms. The van der Waals surface area contributed by atoms with E-state index in [1.807, 2.05) is 18.2 Å². The highest BCUT2D eigenvalue weighted by atomic mass is 16.6. The standard InChI is InChI=1S/C28H41NO2/c1-25(2,3)18-27(7,8)21-13-11-20(12-14-21)23-16-15-22(17-24(23)29(30)31)28(9,10)19-26(4,5)6/h11-17H,18-19H2,1-10H3. The lowest BCUT2D eigenvalue weighted by atomic mass is 9.71. The van der Waals surface area contributed by atoms with Crippen LogP contribution in [-0.4, -0.2) is 4.92 Å². The summed E-state index contributed by atoms with van der Waals surface area (Å²) < 4.78 is 0. The third kappa shape index (κ3) is 6.66. The summed E-state index contributed by atoms with van der Waals surface area (Å²) in [6.07, 6.45) is 2.02. The molecule has 0 radical (unpaired) electrons. The molecule has 0 amide bonds. The van der Waals surface area contributed by atoms with Crippen molar-refractivity contribution in [3.8, 4) is 11.1 Å². The summed E-state index contributed by atoms with van der Waals surface area (Å²) >= 11 is 0. The number of rotatable bonds is 6. The summed E-state index contributed by atoms with van der Waals surface area (Å²) in [4.78, 5) is 11.7. The summed E-state index contributed by atoms with van der Waals surface area (Å²) in [5, 5.41) is 11.9. The Morgan fingerprint density at radius 3 is 1.52 bits per heavy atom. The second kappa shape index (κ2) is 8.41. The Labute approximate surface area is 189 Å². The van der Waals surface area contributed by atoms with Gasteiger partial charge in [0, 0.05) is 6.07 Å². The molecule has 170 valence electrons. The van der Waals surface area contributed by atoms with E-state index in [1.165, 1.54) is 5.56 Å². The summed E-state index contributed by atoms with van der Waals surface area (Å²) in [7, 11) is 0. The maximum atomic E-state index is 11.9. The van der Waals surface area contributed by atoms with Crippen molar-refractivity contribution in [2.45, 2.75) is 92.9 Å². The lowest BCUT2D eigenvalue weighted by Crippen LogP contribution is -2.25. The minimum atomic E-state index is -0.247. The summed E-state index contributed by atoms with van der Waals surface area (Å²) in [6.45, 7) is 22.3. The molecule has 0 aromatic heterocycles. The molecule has 3 heteroatoms. The van der Waals surface area contributed by atoms with Crippen LogP contribution in [0.3, 0.4) is 0 Å².